The Kier molecular flexibility index (Phi) is 6.74. The van der Waals surface area contributed by atoms with E-state index in [1.165, 1.54) is 19.3 Å². The van der Waals surface area contributed by atoms with Crippen LogP contribution in [-0.4, -0.2) is 0 Å². The van der Waals surface area contributed by atoms with Crippen molar-refractivity contribution < 1.29 is 0 Å². The number of allylic oxidation sites excluding steroid dienone is 8. The molecule has 0 N–H and O–H groups in total. The average molecular weight is 188 g/mol. The van der Waals surface area contributed by atoms with Crippen LogP contribution in [0.15, 0.2) is 48.6 Å². The SMILES string of the molecule is C1=C\C/C=C\CCC/C=C/C/C=C\C/1. The molecule has 1 rings (SSSR count). The maximum absolute atomic E-state index is 2.29. The zero-order valence-corrected chi connectivity index (χ0v) is 8.86. The maximum atomic E-state index is 2.29. The third kappa shape index (κ3) is 6.47. The Hall–Kier alpha value is -1.04. The van der Waals surface area contributed by atoms with Gasteiger partial charge in [0.25, 0.3) is 0 Å². The number of rotatable bonds is 0. The summed E-state index contributed by atoms with van der Waals surface area (Å²) in [5.41, 5.74) is 0. The largest absolute Gasteiger partial charge is 0.0882 e. The van der Waals surface area contributed by atoms with E-state index in [0.717, 1.165) is 19.3 Å². The minimum Gasteiger partial charge on any atom is -0.0882 e. The van der Waals surface area contributed by atoms with Gasteiger partial charge in [-0.3, -0.25) is 0 Å². The summed E-state index contributed by atoms with van der Waals surface area (Å²) in [5.74, 6) is 0. The van der Waals surface area contributed by atoms with Crippen molar-refractivity contribution in [3.8, 4) is 0 Å². The average Bonchev–Trinajstić information content (AvgIpc) is 2.22. The van der Waals surface area contributed by atoms with Crippen molar-refractivity contribution in [2.24, 2.45) is 0 Å². The predicted molar refractivity (Wildman–Crippen MR) is 64.3 cm³/mol. The molecule has 0 spiro atoms. The lowest BCUT2D eigenvalue weighted by atomic mass is 10.2. The molecule has 0 radical (unpaired) electrons. The van der Waals surface area contributed by atoms with Gasteiger partial charge in [-0.25, -0.2) is 0 Å². The Morgan fingerprint density at radius 1 is 0.429 bits per heavy atom. The summed E-state index contributed by atoms with van der Waals surface area (Å²) >= 11 is 0. The summed E-state index contributed by atoms with van der Waals surface area (Å²) in [6.45, 7) is 0. The first kappa shape index (κ1) is 11.0. The monoisotopic (exact) mass is 188 g/mol. The van der Waals surface area contributed by atoms with Gasteiger partial charge >= 0.3 is 0 Å². The highest BCUT2D eigenvalue weighted by atomic mass is 13.9. The van der Waals surface area contributed by atoms with Gasteiger partial charge in [0.1, 0.15) is 0 Å². The molecular weight excluding hydrogens is 168 g/mol. The van der Waals surface area contributed by atoms with E-state index in [4.69, 9.17) is 0 Å². The smallest absolute Gasteiger partial charge is 0.0169 e. The lowest BCUT2D eigenvalue weighted by Gasteiger charge is -1.91. The molecule has 0 bridgehead atoms. The van der Waals surface area contributed by atoms with E-state index >= 15 is 0 Å². The molecule has 0 aromatic carbocycles. The van der Waals surface area contributed by atoms with Crippen molar-refractivity contribution >= 4 is 0 Å². The summed E-state index contributed by atoms with van der Waals surface area (Å²) < 4.78 is 0. The van der Waals surface area contributed by atoms with Crippen LogP contribution in [0.4, 0.5) is 0 Å². The van der Waals surface area contributed by atoms with E-state index in [2.05, 4.69) is 48.6 Å². The molecule has 0 saturated heterocycles. The molecule has 0 heterocycles. The highest BCUT2D eigenvalue weighted by molar-refractivity contribution is 5.00. The van der Waals surface area contributed by atoms with E-state index < -0.39 is 0 Å². The second-order valence-electron chi connectivity index (χ2n) is 3.52. The van der Waals surface area contributed by atoms with Crippen molar-refractivity contribution in [1.29, 1.82) is 0 Å². The number of hydrogen-bond acceptors (Lipinski definition) is 0. The lowest BCUT2D eigenvalue weighted by Crippen LogP contribution is -1.71. The molecule has 0 atom stereocenters. The highest BCUT2D eigenvalue weighted by Crippen LogP contribution is 2.01. The molecule has 0 saturated carbocycles. The topological polar surface area (TPSA) is 0 Å². The maximum Gasteiger partial charge on any atom is -0.0169 e. The minimum absolute atomic E-state index is 1.07. The second-order valence-corrected chi connectivity index (χ2v) is 3.52. The summed E-state index contributed by atoms with van der Waals surface area (Å²) in [7, 11) is 0. The van der Waals surface area contributed by atoms with Gasteiger partial charge in [0.15, 0.2) is 0 Å². The van der Waals surface area contributed by atoms with E-state index in [0.29, 0.717) is 0 Å². The van der Waals surface area contributed by atoms with Crippen molar-refractivity contribution in [2.45, 2.75) is 38.5 Å². The third-order valence-electron chi connectivity index (χ3n) is 2.22. The second kappa shape index (κ2) is 8.55. The summed E-state index contributed by atoms with van der Waals surface area (Å²) in [6, 6.07) is 0. The minimum atomic E-state index is 1.07. The summed E-state index contributed by atoms with van der Waals surface area (Å²) in [6.07, 6.45) is 25.0. The molecule has 0 unspecified atom stereocenters. The molecular formula is C14H20. The fourth-order valence-electron chi connectivity index (χ4n) is 1.40. The van der Waals surface area contributed by atoms with E-state index in [-0.39, 0.29) is 0 Å². The zero-order valence-electron chi connectivity index (χ0n) is 8.86. The van der Waals surface area contributed by atoms with E-state index in [9.17, 15) is 0 Å². The Balaban J connectivity index is 2.34. The first-order chi connectivity index (χ1) is 7.00. The van der Waals surface area contributed by atoms with Gasteiger partial charge in [0.05, 0.1) is 0 Å². The molecule has 0 fully saturated rings. The van der Waals surface area contributed by atoms with Crippen molar-refractivity contribution in [2.75, 3.05) is 0 Å². The zero-order chi connectivity index (χ0) is 9.90. The van der Waals surface area contributed by atoms with Gasteiger partial charge in [0, 0.05) is 0 Å². The van der Waals surface area contributed by atoms with Crippen molar-refractivity contribution in [1.82, 2.24) is 0 Å². The van der Waals surface area contributed by atoms with Gasteiger partial charge in [-0.1, -0.05) is 48.6 Å². The molecule has 0 heteroatoms. The van der Waals surface area contributed by atoms with Gasteiger partial charge < -0.3 is 0 Å². The van der Waals surface area contributed by atoms with Crippen LogP contribution in [0.5, 0.6) is 0 Å². The van der Waals surface area contributed by atoms with Crippen LogP contribution in [0.3, 0.4) is 0 Å². The molecule has 0 aromatic heterocycles. The summed E-state index contributed by atoms with van der Waals surface area (Å²) in [4.78, 5) is 0. The van der Waals surface area contributed by atoms with Crippen molar-refractivity contribution in [3.05, 3.63) is 48.6 Å². The Morgan fingerprint density at radius 3 is 1.21 bits per heavy atom. The van der Waals surface area contributed by atoms with Crippen LogP contribution in [0.2, 0.25) is 0 Å². The van der Waals surface area contributed by atoms with E-state index in [1.54, 1.807) is 0 Å². The first-order valence-corrected chi connectivity index (χ1v) is 5.60. The van der Waals surface area contributed by atoms with E-state index in [1.807, 2.05) is 0 Å². The van der Waals surface area contributed by atoms with Crippen LogP contribution >= 0.6 is 0 Å². The molecule has 0 nitrogen and oxygen atoms in total. The van der Waals surface area contributed by atoms with Gasteiger partial charge in [0.2, 0.25) is 0 Å². The molecule has 1 aliphatic rings. The standard InChI is InChI=1S/C14H20/c1-2-4-6-8-10-12-14-13-11-9-7-5-3-1/h1-2,5-8,11,13H,3-4,9-10,12,14H2/b2-1-,7-5-,8-6-,13-11+. The van der Waals surface area contributed by atoms with Gasteiger partial charge in [-0.05, 0) is 38.5 Å². The van der Waals surface area contributed by atoms with Gasteiger partial charge in [-0.2, -0.15) is 0 Å². The highest BCUT2D eigenvalue weighted by Gasteiger charge is 1.81. The van der Waals surface area contributed by atoms with Crippen molar-refractivity contribution in [3.63, 3.8) is 0 Å². The predicted octanol–water partition coefficient (Wildman–Crippen LogP) is 4.57. The van der Waals surface area contributed by atoms with Crippen LogP contribution in [0, 0.1) is 0 Å². The normalized spacial score (nSPS) is 28.6. The molecule has 14 heavy (non-hydrogen) atoms. The fraction of sp³-hybridized carbons (Fsp3) is 0.429. The Bertz CT molecular complexity index is 204. The molecule has 76 valence electrons. The molecule has 0 aliphatic heterocycles. The fourth-order valence-corrected chi connectivity index (χ4v) is 1.40. The number of hydrogen-bond donors (Lipinski definition) is 0. The molecule has 1 aliphatic carbocycles. The van der Waals surface area contributed by atoms with Crippen LogP contribution < -0.4 is 0 Å². The summed E-state index contributed by atoms with van der Waals surface area (Å²) in [5, 5.41) is 0. The quantitative estimate of drug-likeness (QED) is 0.489. The third-order valence-corrected chi connectivity index (χ3v) is 2.22. The molecule has 0 aromatic rings. The molecule has 0 amide bonds. The lowest BCUT2D eigenvalue weighted by molar-refractivity contribution is 0.864. The van der Waals surface area contributed by atoms with Crippen LogP contribution in [0.25, 0.3) is 0 Å². The van der Waals surface area contributed by atoms with Crippen LogP contribution in [0.1, 0.15) is 38.5 Å². The Labute approximate surface area is 87.7 Å². The first-order valence-electron chi connectivity index (χ1n) is 5.60. The Morgan fingerprint density at radius 2 is 0.786 bits per heavy atom. The van der Waals surface area contributed by atoms with Crippen LogP contribution in [-0.2, 0) is 0 Å². The van der Waals surface area contributed by atoms with Gasteiger partial charge in [-0.15, -0.1) is 0 Å².